The highest BCUT2D eigenvalue weighted by Gasteiger charge is 2.43. The van der Waals surface area contributed by atoms with Crippen molar-refractivity contribution in [1.29, 1.82) is 0 Å². The smallest absolute Gasteiger partial charge is 0.169 e. The Balaban J connectivity index is 0.000000191. The summed E-state index contributed by atoms with van der Waals surface area (Å²) in [5.74, 6) is 0.274. The molecule has 0 saturated carbocycles. The Morgan fingerprint density at radius 1 is 0.706 bits per heavy atom. The van der Waals surface area contributed by atoms with Crippen molar-refractivity contribution in [1.82, 2.24) is 0 Å². The standard InChI is InChI=1S/2C14H18O3/c2*1-11-8-13(15)14(2,17-11)10-16-9-12-6-4-3-5-7-12/h2*3-7,11H,8-10H2,1-2H3/t2*11-,14?/m10/s1. The summed E-state index contributed by atoms with van der Waals surface area (Å²) in [6.07, 6.45) is 0.997. The van der Waals surface area contributed by atoms with Crippen LogP contribution in [-0.4, -0.2) is 48.2 Å². The molecule has 0 radical (unpaired) electrons. The van der Waals surface area contributed by atoms with E-state index in [-0.39, 0.29) is 23.8 Å². The van der Waals surface area contributed by atoms with Crippen molar-refractivity contribution in [3.05, 3.63) is 71.8 Å². The van der Waals surface area contributed by atoms with Crippen molar-refractivity contribution in [2.45, 2.75) is 77.2 Å². The van der Waals surface area contributed by atoms with Gasteiger partial charge in [-0.2, -0.15) is 0 Å². The maximum Gasteiger partial charge on any atom is 0.169 e. The molecule has 0 aliphatic carbocycles. The molecule has 34 heavy (non-hydrogen) atoms. The topological polar surface area (TPSA) is 71.1 Å². The summed E-state index contributed by atoms with van der Waals surface area (Å²) >= 11 is 0. The van der Waals surface area contributed by atoms with Crippen LogP contribution in [0.15, 0.2) is 60.7 Å². The molecule has 0 N–H and O–H groups in total. The minimum absolute atomic E-state index is 0.00725. The van der Waals surface area contributed by atoms with Gasteiger partial charge in [0.2, 0.25) is 0 Å². The summed E-state index contributed by atoms with van der Waals surface area (Å²) in [7, 11) is 0. The Labute approximate surface area is 202 Å². The van der Waals surface area contributed by atoms with Crippen LogP contribution in [0, 0.1) is 0 Å². The zero-order chi connectivity index (χ0) is 24.6. The normalized spacial score (nSPS) is 28.6. The molecule has 0 aromatic heterocycles. The maximum absolute atomic E-state index is 11.7. The first kappa shape index (κ1) is 26.2. The van der Waals surface area contributed by atoms with Crippen LogP contribution in [0.3, 0.4) is 0 Å². The second kappa shape index (κ2) is 11.8. The van der Waals surface area contributed by atoms with Gasteiger partial charge in [0.1, 0.15) is 11.2 Å². The Hall–Kier alpha value is -2.38. The Kier molecular flexibility index (Phi) is 9.14. The van der Waals surface area contributed by atoms with E-state index < -0.39 is 11.2 Å². The Bertz CT molecular complexity index is 853. The van der Waals surface area contributed by atoms with Crippen LogP contribution in [0.4, 0.5) is 0 Å². The summed E-state index contributed by atoms with van der Waals surface area (Å²) in [5, 5.41) is 0. The molecule has 2 aromatic rings. The zero-order valence-corrected chi connectivity index (χ0v) is 20.6. The molecule has 2 unspecified atom stereocenters. The molecule has 0 spiro atoms. The number of rotatable bonds is 8. The first-order chi connectivity index (χ1) is 16.2. The van der Waals surface area contributed by atoms with Crippen LogP contribution in [0.25, 0.3) is 0 Å². The van der Waals surface area contributed by atoms with Crippen molar-refractivity contribution in [2.24, 2.45) is 0 Å². The minimum atomic E-state index is -0.756. The predicted molar refractivity (Wildman–Crippen MR) is 129 cm³/mol. The van der Waals surface area contributed by atoms with E-state index >= 15 is 0 Å². The molecule has 2 aliphatic heterocycles. The molecule has 0 bridgehead atoms. The van der Waals surface area contributed by atoms with Gasteiger partial charge in [-0.05, 0) is 38.8 Å². The van der Waals surface area contributed by atoms with Crippen molar-refractivity contribution in [3.63, 3.8) is 0 Å². The molecular formula is C28H36O6. The summed E-state index contributed by atoms with van der Waals surface area (Å²) in [5.41, 5.74) is 0.701. The molecular weight excluding hydrogens is 432 g/mol. The highest BCUT2D eigenvalue weighted by Crippen LogP contribution is 2.28. The average molecular weight is 469 g/mol. The minimum Gasteiger partial charge on any atom is -0.373 e. The van der Waals surface area contributed by atoms with Gasteiger partial charge in [-0.15, -0.1) is 0 Å². The third kappa shape index (κ3) is 7.31. The van der Waals surface area contributed by atoms with Gasteiger partial charge in [0.25, 0.3) is 0 Å². The summed E-state index contributed by atoms with van der Waals surface area (Å²) in [6.45, 7) is 9.13. The van der Waals surface area contributed by atoms with Crippen LogP contribution in [0.2, 0.25) is 0 Å². The van der Waals surface area contributed by atoms with E-state index in [2.05, 4.69) is 0 Å². The lowest BCUT2D eigenvalue weighted by Crippen LogP contribution is -2.37. The number of hydrogen-bond acceptors (Lipinski definition) is 6. The highest BCUT2D eigenvalue weighted by atomic mass is 16.6. The molecule has 2 heterocycles. The molecule has 184 valence electrons. The Morgan fingerprint density at radius 3 is 1.35 bits per heavy atom. The molecule has 4 rings (SSSR count). The third-order valence-corrected chi connectivity index (χ3v) is 6.03. The average Bonchev–Trinajstić information content (AvgIpc) is 3.21. The number of ketones is 2. The number of carbonyl (C=O) groups excluding carboxylic acids is 2. The van der Waals surface area contributed by atoms with Crippen molar-refractivity contribution >= 4 is 11.6 Å². The van der Waals surface area contributed by atoms with Gasteiger partial charge >= 0.3 is 0 Å². The first-order valence-corrected chi connectivity index (χ1v) is 11.9. The van der Waals surface area contributed by atoms with Gasteiger partial charge in [-0.25, -0.2) is 0 Å². The van der Waals surface area contributed by atoms with Crippen LogP contribution < -0.4 is 0 Å². The molecule has 6 heteroatoms. The fourth-order valence-electron chi connectivity index (χ4n) is 4.16. The van der Waals surface area contributed by atoms with E-state index in [0.29, 0.717) is 39.3 Å². The molecule has 2 aromatic carbocycles. The predicted octanol–water partition coefficient (Wildman–Crippen LogP) is 4.68. The highest BCUT2D eigenvalue weighted by molar-refractivity contribution is 5.89. The summed E-state index contributed by atoms with van der Waals surface area (Å²) < 4.78 is 22.4. The molecule has 4 atom stereocenters. The van der Waals surface area contributed by atoms with E-state index in [1.165, 1.54) is 0 Å². The van der Waals surface area contributed by atoms with Gasteiger partial charge in [0, 0.05) is 12.8 Å². The van der Waals surface area contributed by atoms with Gasteiger partial charge in [0.15, 0.2) is 11.6 Å². The number of hydrogen-bond donors (Lipinski definition) is 0. The number of carbonyl (C=O) groups is 2. The second-order valence-corrected chi connectivity index (χ2v) is 9.53. The summed E-state index contributed by atoms with van der Waals surface area (Å²) in [4.78, 5) is 23.5. The lowest BCUT2D eigenvalue weighted by Gasteiger charge is -2.22. The third-order valence-electron chi connectivity index (χ3n) is 6.03. The van der Waals surface area contributed by atoms with Crippen LogP contribution in [-0.2, 0) is 41.8 Å². The fraction of sp³-hybridized carbons (Fsp3) is 0.500. The van der Waals surface area contributed by atoms with Crippen molar-refractivity contribution in [2.75, 3.05) is 13.2 Å². The Morgan fingerprint density at radius 2 is 1.06 bits per heavy atom. The van der Waals surface area contributed by atoms with Crippen molar-refractivity contribution < 1.29 is 28.5 Å². The summed E-state index contributed by atoms with van der Waals surface area (Å²) in [6, 6.07) is 19.8. The molecule has 2 fully saturated rings. The van der Waals surface area contributed by atoms with E-state index in [0.717, 1.165) is 11.1 Å². The quantitative estimate of drug-likeness (QED) is 0.560. The van der Waals surface area contributed by atoms with E-state index in [1.807, 2.05) is 88.4 Å². The van der Waals surface area contributed by atoms with Crippen LogP contribution >= 0.6 is 0 Å². The number of ether oxygens (including phenoxy) is 4. The van der Waals surface area contributed by atoms with Gasteiger partial charge in [-0.3, -0.25) is 9.59 Å². The molecule has 2 aliphatic rings. The fourth-order valence-corrected chi connectivity index (χ4v) is 4.16. The van der Waals surface area contributed by atoms with E-state index in [9.17, 15) is 9.59 Å². The van der Waals surface area contributed by atoms with Gasteiger partial charge in [0.05, 0.1) is 38.6 Å². The SMILES string of the molecule is C[C@@H]1CC(=O)C(C)(COCc2ccccc2)O1.C[C@H]1CC(=O)C(C)(COCc2ccccc2)O1. The molecule has 0 amide bonds. The first-order valence-electron chi connectivity index (χ1n) is 11.9. The van der Waals surface area contributed by atoms with Crippen molar-refractivity contribution in [3.8, 4) is 0 Å². The van der Waals surface area contributed by atoms with Gasteiger partial charge in [-0.1, -0.05) is 60.7 Å². The lowest BCUT2D eigenvalue weighted by molar-refractivity contribution is -0.139. The van der Waals surface area contributed by atoms with Gasteiger partial charge < -0.3 is 18.9 Å². The second-order valence-electron chi connectivity index (χ2n) is 9.53. The van der Waals surface area contributed by atoms with E-state index in [1.54, 1.807) is 0 Å². The molecule has 6 nitrogen and oxygen atoms in total. The van der Waals surface area contributed by atoms with Crippen LogP contribution in [0.1, 0.15) is 51.7 Å². The van der Waals surface area contributed by atoms with E-state index in [4.69, 9.17) is 18.9 Å². The lowest BCUT2D eigenvalue weighted by atomic mass is 10.0. The van der Waals surface area contributed by atoms with Crippen LogP contribution in [0.5, 0.6) is 0 Å². The maximum atomic E-state index is 11.7. The monoisotopic (exact) mass is 468 g/mol. The number of benzene rings is 2. The number of Topliss-reactive ketones (excluding diaryl/α,β-unsaturated/α-hetero) is 2. The zero-order valence-electron chi connectivity index (χ0n) is 20.6. The molecule has 2 saturated heterocycles. The largest absolute Gasteiger partial charge is 0.373 e.